The highest BCUT2D eigenvalue weighted by Crippen LogP contribution is 2.13. The molecular weight excluding hydrogens is 334 g/mol. The van der Waals surface area contributed by atoms with Crippen molar-refractivity contribution in [2.45, 2.75) is 20.1 Å². The highest BCUT2D eigenvalue weighted by Gasteiger charge is 2.16. The van der Waals surface area contributed by atoms with Crippen molar-refractivity contribution in [3.8, 4) is 5.75 Å². The average molecular weight is 357 g/mol. The number of nitrogens with zero attached hydrogens (tertiary/aromatic N) is 2. The smallest absolute Gasteiger partial charge is 0.317 e. The molecule has 0 saturated heterocycles. The minimum atomic E-state index is -0.925. The fourth-order valence-electron chi connectivity index (χ4n) is 2.23. The van der Waals surface area contributed by atoms with Crippen molar-refractivity contribution < 1.29 is 19.4 Å². The van der Waals surface area contributed by atoms with Gasteiger partial charge in [-0.25, -0.2) is 4.79 Å². The van der Waals surface area contributed by atoms with Crippen LogP contribution in [0.3, 0.4) is 0 Å². The molecule has 138 valence electrons. The number of benzene rings is 1. The van der Waals surface area contributed by atoms with E-state index in [-0.39, 0.29) is 12.6 Å². The Bertz CT molecular complexity index is 719. The third-order valence-corrected chi connectivity index (χ3v) is 3.80. The third kappa shape index (κ3) is 6.08. The summed E-state index contributed by atoms with van der Waals surface area (Å²) in [5.41, 5.74) is 1.77. The van der Waals surface area contributed by atoms with Crippen molar-refractivity contribution in [1.82, 2.24) is 15.2 Å². The van der Waals surface area contributed by atoms with Crippen molar-refractivity contribution in [1.29, 1.82) is 0 Å². The largest absolute Gasteiger partial charge is 0.487 e. The molecule has 0 aliphatic carbocycles. The van der Waals surface area contributed by atoms with Crippen LogP contribution in [0.5, 0.6) is 5.75 Å². The van der Waals surface area contributed by atoms with Crippen LogP contribution in [0.2, 0.25) is 0 Å². The quantitative estimate of drug-likeness (QED) is 0.757. The summed E-state index contributed by atoms with van der Waals surface area (Å²) in [4.78, 5) is 28.4. The molecule has 0 aliphatic heterocycles. The van der Waals surface area contributed by atoms with Crippen molar-refractivity contribution >= 4 is 12.0 Å². The maximum Gasteiger partial charge on any atom is 0.317 e. The van der Waals surface area contributed by atoms with Crippen LogP contribution in [0, 0.1) is 5.92 Å². The molecule has 1 aromatic heterocycles. The highest BCUT2D eigenvalue weighted by molar-refractivity contribution is 5.75. The number of hydrogen-bond acceptors (Lipinski definition) is 4. The van der Waals surface area contributed by atoms with E-state index in [1.54, 1.807) is 20.2 Å². The van der Waals surface area contributed by atoms with Crippen LogP contribution in [0.25, 0.3) is 0 Å². The molecule has 0 bridgehead atoms. The lowest BCUT2D eigenvalue weighted by Gasteiger charge is -2.20. The van der Waals surface area contributed by atoms with Crippen molar-refractivity contribution in [3.63, 3.8) is 0 Å². The summed E-state index contributed by atoms with van der Waals surface area (Å²) in [6.07, 6.45) is 1.72. The summed E-state index contributed by atoms with van der Waals surface area (Å²) in [6, 6.07) is 12.8. The molecule has 1 aromatic carbocycles. The Kier molecular flexibility index (Phi) is 6.96. The number of pyridine rings is 1. The molecule has 26 heavy (non-hydrogen) atoms. The maximum atomic E-state index is 12.0. The summed E-state index contributed by atoms with van der Waals surface area (Å²) in [6.45, 7) is 2.46. The summed E-state index contributed by atoms with van der Waals surface area (Å²) in [5.74, 6) is -0.814. The van der Waals surface area contributed by atoms with Crippen molar-refractivity contribution in [2.24, 2.45) is 5.92 Å². The molecule has 0 aliphatic rings. The number of hydrogen-bond donors (Lipinski definition) is 2. The first-order chi connectivity index (χ1) is 12.5. The molecule has 1 heterocycles. The third-order valence-electron chi connectivity index (χ3n) is 3.80. The normalized spacial score (nSPS) is 11.5. The number of ether oxygens (including phenoxy) is 1. The molecule has 2 N–H and O–H groups in total. The van der Waals surface area contributed by atoms with Gasteiger partial charge in [0.05, 0.1) is 11.6 Å². The number of urea groups is 1. The minimum Gasteiger partial charge on any atom is -0.487 e. The summed E-state index contributed by atoms with van der Waals surface area (Å²) in [7, 11) is 1.57. The van der Waals surface area contributed by atoms with Gasteiger partial charge in [-0.05, 0) is 29.8 Å². The number of aromatic nitrogens is 1. The second-order valence-electron chi connectivity index (χ2n) is 6.03. The van der Waals surface area contributed by atoms with Crippen LogP contribution in [0.15, 0.2) is 48.7 Å². The molecule has 0 spiro atoms. The van der Waals surface area contributed by atoms with E-state index in [4.69, 9.17) is 9.84 Å². The zero-order chi connectivity index (χ0) is 18.9. The Morgan fingerprint density at radius 2 is 1.96 bits per heavy atom. The number of nitrogens with one attached hydrogen (secondary N) is 1. The van der Waals surface area contributed by atoms with E-state index >= 15 is 0 Å². The number of carbonyl (C=O) groups is 2. The van der Waals surface area contributed by atoms with Gasteiger partial charge in [0.1, 0.15) is 12.4 Å². The van der Waals surface area contributed by atoms with Gasteiger partial charge in [-0.15, -0.1) is 0 Å². The van der Waals surface area contributed by atoms with Gasteiger partial charge < -0.3 is 20.1 Å². The van der Waals surface area contributed by atoms with Gasteiger partial charge in [0.15, 0.2) is 0 Å². The second kappa shape index (κ2) is 9.41. The minimum absolute atomic E-state index is 0.154. The van der Waals surface area contributed by atoms with Gasteiger partial charge in [0.2, 0.25) is 0 Å². The van der Waals surface area contributed by atoms with Gasteiger partial charge in [-0.2, -0.15) is 0 Å². The van der Waals surface area contributed by atoms with E-state index in [9.17, 15) is 9.59 Å². The summed E-state index contributed by atoms with van der Waals surface area (Å²) < 4.78 is 5.66. The van der Waals surface area contributed by atoms with Gasteiger partial charge >= 0.3 is 12.0 Å². The van der Waals surface area contributed by atoms with E-state index in [0.29, 0.717) is 13.2 Å². The molecule has 2 amide bonds. The SMILES string of the molecule is CC(CN(C)C(=O)NCc1ccc(OCc2ccccn2)cc1)C(=O)O. The van der Waals surface area contributed by atoms with Gasteiger partial charge in [-0.3, -0.25) is 9.78 Å². The fourth-order valence-corrected chi connectivity index (χ4v) is 2.23. The zero-order valence-electron chi connectivity index (χ0n) is 14.9. The molecular formula is C19H23N3O4. The number of carbonyl (C=O) groups excluding carboxylic acids is 1. The van der Waals surface area contributed by atoms with Crippen LogP contribution in [0.4, 0.5) is 4.79 Å². The monoisotopic (exact) mass is 357 g/mol. The van der Waals surface area contributed by atoms with Gasteiger partial charge in [0, 0.05) is 26.3 Å². The van der Waals surface area contributed by atoms with Gasteiger partial charge in [0.25, 0.3) is 0 Å². The molecule has 0 fully saturated rings. The predicted molar refractivity (Wildman–Crippen MR) is 96.7 cm³/mol. The van der Waals surface area contributed by atoms with Gasteiger partial charge in [-0.1, -0.05) is 25.1 Å². The Morgan fingerprint density at radius 3 is 2.58 bits per heavy atom. The summed E-state index contributed by atoms with van der Waals surface area (Å²) >= 11 is 0. The highest BCUT2D eigenvalue weighted by atomic mass is 16.5. The van der Waals surface area contributed by atoms with Crippen molar-refractivity contribution in [2.75, 3.05) is 13.6 Å². The number of carboxylic acid groups (broad SMARTS) is 1. The Hall–Kier alpha value is -3.09. The molecule has 0 saturated carbocycles. The first kappa shape index (κ1) is 19.2. The Labute approximate surface area is 152 Å². The van der Waals surface area contributed by atoms with E-state index in [1.165, 1.54) is 4.90 Å². The first-order valence-corrected chi connectivity index (χ1v) is 8.29. The number of rotatable bonds is 8. The molecule has 2 aromatic rings. The van der Waals surface area contributed by atoms with E-state index in [1.807, 2.05) is 42.5 Å². The van der Waals surface area contributed by atoms with Crippen LogP contribution in [0.1, 0.15) is 18.2 Å². The Balaban J connectivity index is 1.78. The fraction of sp³-hybridized carbons (Fsp3) is 0.316. The molecule has 2 rings (SSSR count). The Morgan fingerprint density at radius 1 is 1.23 bits per heavy atom. The second-order valence-corrected chi connectivity index (χ2v) is 6.03. The van der Waals surface area contributed by atoms with Crippen LogP contribution < -0.4 is 10.1 Å². The topological polar surface area (TPSA) is 91.8 Å². The zero-order valence-corrected chi connectivity index (χ0v) is 14.9. The lowest BCUT2D eigenvalue weighted by Crippen LogP contribution is -2.40. The molecule has 7 heteroatoms. The molecule has 7 nitrogen and oxygen atoms in total. The molecule has 1 atom stereocenters. The lowest BCUT2D eigenvalue weighted by molar-refractivity contribution is -0.141. The van der Waals surface area contributed by atoms with Crippen LogP contribution in [-0.2, 0) is 17.9 Å². The van der Waals surface area contributed by atoms with Crippen LogP contribution >= 0.6 is 0 Å². The van der Waals surface area contributed by atoms with Crippen molar-refractivity contribution in [3.05, 3.63) is 59.9 Å². The maximum absolute atomic E-state index is 12.0. The van der Waals surface area contributed by atoms with E-state index < -0.39 is 11.9 Å². The van der Waals surface area contributed by atoms with E-state index in [2.05, 4.69) is 10.3 Å². The molecule has 0 radical (unpaired) electrons. The lowest BCUT2D eigenvalue weighted by atomic mass is 10.2. The van der Waals surface area contributed by atoms with E-state index in [0.717, 1.165) is 17.0 Å². The number of aliphatic carboxylic acids is 1. The predicted octanol–water partition coefficient (Wildman–Crippen LogP) is 2.52. The molecule has 1 unspecified atom stereocenters. The first-order valence-electron chi connectivity index (χ1n) is 8.29. The average Bonchev–Trinajstić information content (AvgIpc) is 2.65. The standard InChI is InChI=1S/C19H23N3O4/c1-14(18(23)24)12-22(2)19(25)21-11-15-6-8-17(9-7-15)26-13-16-5-3-4-10-20-16/h3-10,14H,11-13H2,1-2H3,(H,21,25)(H,23,24). The number of carboxylic acids is 1. The van der Waals surface area contributed by atoms with Crippen LogP contribution in [-0.4, -0.2) is 40.6 Å². The number of amides is 2. The summed E-state index contributed by atoms with van der Waals surface area (Å²) in [5, 5.41) is 11.7.